The quantitative estimate of drug-likeness (QED) is 0.570. The van der Waals surface area contributed by atoms with Gasteiger partial charge >= 0.3 is 18.0 Å². The van der Waals surface area contributed by atoms with Crippen molar-refractivity contribution in [1.82, 2.24) is 4.90 Å². The molecule has 29 heavy (non-hydrogen) atoms. The number of hydrogen-bond acceptors (Lipinski definition) is 8. The largest absolute Gasteiger partial charge is 0.508 e. The average Bonchev–Trinajstić information content (AvgIpc) is 2.92. The number of ether oxygens (including phenoxy) is 3. The number of carbonyl (C=O) groups is 3. The van der Waals surface area contributed by atoms with Crippen molar-refractivity contribution in [3.63, 3.8) is 0 Å². The van der Waals surface area contributed by atoms with Crippen LogP contribution in [-0.4, -0.2) is 65.2 Å². The number of likely N-dealkylation sites (tertiary alicyclic amines) is 1. The molecule has 1 unspecified atom stereocenters. The van der Waals surface area contributed by atoms with E-state index < -0.39 is 47.7 Å². The zero-order valence-electron chi connectivity index (χ0n) is 17.1. The van der Waals surface area contributed by atoms with Gasteiger partial charge in [-0.3, -0.25) is 9.69 Å². The van der Waals surface area contributed by atoms with E-state index in [4.69, 9.17) is 14.2 Å². The van der Waals surface area contributed by atoms with Crippen molar-refractivity contribution in [3.05, 3.63) is 29.8 Å². The van der Waals surface area contributed by atoms with Gasteiger partial charge in [0.25, 0.3) is 0 Å². The summed E-state index contributed by atoms with van der Waals surface area (Å²) in [7, 11) is 2.34. The Labute approximate surface area is 169 Å². The molecule has 0 aromatic heterocycles. The summed E-state index contributed by atoms with van der Waals surface area (Å²) in [6, 6.07) is 4.90. The monoisotopic (exact) mass is 409 g/mol. The molecule has 1 heterocycles. The van der Waals surface area contributed by atoms with E-state index in [-0.39, 0.29) is 17.7 Å². The Morgan fingerprint density at radius 2 is 1.72 bits per heavy atom. The smallest absolute Gasteiger partial charge is 0.413 e. The van der Waals surface area contributed by atoms with Gasteiger partial charge in [-0.1, -0.05) is 18.2 Å². The third kappa shape index (κ3) is 4.79. The van der Waals surface area contributed by atoms with Crippen LogP contribution in [0.4, 0.5) is 4.79 Å². The van der Waals surface area contributed by atoms with Crippen LogP contribution in [0.25, 0.3) is 0 Å². The molecule has 0 bridgehead atoms. The van der Waals surface area contributed by atoms with E-state index >= 15 is 0 Å². The van der Waals surface area contributed by atoms with Gasteiger partial charge in [0.1, 0.15) is 23.6 Å². The fraction of sp³-hybridized carbons (Fsp3) is 0.550. The fourth-order valence-corrected chi connectivity index (χ4v) is 3.58. The van der Waals surface area contributed by atoms with Gasteiger partial charge in [0.05, 0.1) is 20.6 Å². The number of aliphatic hydroxyl groups excluding tert-OH is 1. The molecule has 0 saturated carbocycles. The van der Waals surface area contributed by atoms with Crippen LogP contribution in [0, 0.1) is 5.92 Å². The maximum Gasteiger partial charge on any atom is 0.413 e. The summed E-state index contributed by atoms with van der Waals surface area (Å²) in [5.74, 6) is -3.46. The Kier molecular flexibility index (Phi) is 6.73. The molecule has 1 saturated heterocycles. The lowest BCUT2D eigenvalue weighted by atomic mass is 9.82. The molecular weight excluding hydrogens is 382 g/mol. The van der Waals surface area contributed by atoms with E-state index in [2.05, 4.69) is 0 Å². The number of para-hydroxylation sites is 1. The highest BCUT2D eigenvalue weighted by atomic mass is 16.6. The molecule has 1 fully saturated rings. The highest BCUT2D eigenvalue weighted by molar-refractivity contribution is 5.84. The van der Waals surface area contributed by atoms with Crippen LogP contribution in [0.1, 0.15) is 38.7 Å². The summed E-state index contributed by atoms with van der Waals surface area (Å²) in [6.45, 7) is 4.94. The molecule has 4 atom stereocenters. The number of aromatic hydroxyl groups is 1. The molecule has 0 radical (unpaired) electrons. The molecule has 1 amide bonds. The molecule has 9 heteroatoms. The second kappa shape index (κ2) is 8.69. The second-order valence-corrected chi connectivity index (χ2v) is 7.80. The summed E-state index contributed by atoms with van der Waals surface area (Å²) in [5, 5.41) is 21.3. The standard InChI is InChI=1S/C20H27NO8/c1-20(2,3)29-19(26)21-16(18(25)28-5)12(10-14(23)27-4)15(17(21)24)11-8-6-7-9-13(11)22/h6-9,12,15-17,22,24H,10H2,1-5H3/t12-,15+,16-,17?/m0/s1. The van der Waals surface area contributed by atoms with E-state index in [1.54, 1.807) is 39.0 Å². The lowest BCUT2D eigenvalue weighted by molar-refractivity contribution is -0.150. The number of benzene rings is 1. The van der Waals surface area contributed by atoms with E-state index in [0.717, 1.165) is 12.0 Å². The predicted molar refractivity (Wildman–Crippen MR) is 101 cm³/mol. The van der Waals surface area contributed by atoms with Gasteiger partial charge in [-0.15, -0.1) is 0 Å². The van der Waals surface area contributed by atoms with Crippen molar-refractivity contribution in [2.24, 2.45) is 5.92 Å². The Morgan fingerprint density at radius 1 is 1.10 bits per heavy atom. The first kappa shape index (κ1) is 22.5. The highest BCUT2D eigenvalue weighted by Gasteiger charge is 2.56. The van der Waals surface area contributed by atoms with Crippen LogP contribution in [0.5, 0.6) is 5.75 Å². The Bertz CT molecular complexity index is 772. The maximum absolute atomic E-state index is 12.8. The minimum atomic E-state index is -1.54. The van der Waals surface area contributed by atoms with Crippen LogP contribution in [-0.2, 0) is 23.8 Å². The number of esters is 2. The Balaban J connectivity index is 2.58. The normalized spacial score (nSPS) is 24.1. The number of phenolic OH excluding ortho intramolecular Hbond substituents is 1. The highest BCUT2D eigenvalue weighted by Crippen LogP contribution is 2.46. The van der Waals surface area contributed by atoms with E-state index in [9.17, 15) is 24.6 Å². The lowest BCUT2D eigenvalue weighted by Gasteiger charge is -2.30. The minimum absolute atomic E-state index is 0.138. The van der Waals surface area contributed by atoms with Gasteiger partial charge in [-0.25, -0.2) is 9.59 Å². The van der Waals surface area contributed by atoms with Gasteiger partial charge < -0.3 is 24.4 Å². The topological polar surface area (TPSA) is 123 Å². The first-order valence-corrected chi connectivity index (χ1v) is 9.13. The predicted octanol–water partition coefficient (Wildman–Crippen LogP) is 1.77. The molecule has 1 aliphatic heterocycles. The number of methoxy groups -OCH3 is 2. The van der Waals surface area contributed by atoms with Crippen LogP contribution in [0.3, 0.4) is 0 Å². The summed E-state index contributed by atoms with van der Waals surface area (Å²) < 4.78 is 14.9. The van der Waals surface area contributed by atoms with E-state index in [1.807, 2.05) is 0 Å². The van der Waals surface area contributed by atoms with Crippen molar-refractivity contribution < 1.29 is 38.8 Å². The van der Waals surface area contributed by atoms with Crippen LogP contribution >= 0.6 is 0 Å². The van der Waals surface area contributed by atoms with Gasteiger partial charge in [-0.2, -0.15) is 0 Å². The van der Waals surface area contributed by atoms with Crippen molar-refractivity contribution >= 4 is 18.0 Å². The number of carbonyl (C=O) groups excluding carboxylic acids is 3. The van der Waals surface area contributed by atoms with Crippen molar-refractivity contribution in [2.75, 3.05) is 14.2 Å². The first-order valence-electron chi connectivity index (χ1n) is 9.13. The molecule has 0 aliphatic carbocycles. The third-order valence-corrected chi connectivity index (χ3v) is 4.75. The summed E-state index contributed by atoms with van der Waals surface area (Å²) in [4.78, 5) is 38.3. The lowest BCUT2D eigenvalue weighted by Crippen LogP contribution is -2.49. The van der Waals surface area contributed by atoms with Crippen LogP contribution in [0.2, 0.25) is 0 Å². The molecular formula is C20H27NO8. The fourth-order valence-electron chi connectivity index (χ4n) is 3.58. The summed E-state index contributed by atoms with van der Waals surface area (Å²) >= 11 is 0. The third-order valence-electron chi connectivity index (χ3n) is 4.75. The van der Waals surface area contributed by atoms with Gasteiger partial charge in [-0.05, 0) is 26.8 Å². The number of aliphatic hydroxyl groups is 1. The molecule has 9 nitrogen and oxygen atoms in total. The van der Waals surface area contributed by atoms with Gasteiger partial charge in [0.15, 0.2) is 0 Å². The number of nitrogens with zero attached hydrogens (tertiary/aromatic N) is 1. The number of hydrogen-bond donors (Lipinski definition) is 2. The van der Waals surface area contributed by atoms with Crippen LogP contribution in [0.15, 0.2) is 24.3 Å². The van der Waals surface area contributed by atoms with Gasteiger partial charge in [0, 0.05) is 17.4 Å². The van der Waals surface area contributed by atoms with Crippen molar-refractivity contribution in [2.45, 2.75) is 51.0 Å². The molecule has 0 spiro atoms. The number of phenols is 1. The van der Waals surface area contributed by atoms with E-state index in [0.29, 0.717) is 0 Å². The summed E-state index contributed by atoms with van der Waals surface area (Å²) in [5.41, 5.74) is -0.601. The molecule has 1 aliphatic rings. The van der Waals surface area contributed by atoms with Crippen LogP contribution < -0.4 is 0 Å². The molecule has 160 valence electrons. The zero-order valence-corrected chi connectivity index (χ0v) is 17.1. The van der Waals surface area contributed by atoms with Crippen molar-refractivity contribution in [3.8, 4) is 5.75 Å². The number of rotatable bonds is 4. The maximum atomic E-state index is 12.8. The number of amides is 1. The van der Waals surface area contributed by atoms with E-state index in [1.165, 1.54) is 13.2 Å². The van der Waals surface area contributed by atoms with Crippen molar-refractivity contribution in [1.29, 1.82) is 0 Å². The minimum Gasteiger partial charge on any atom is -0.508 e. The molecule has 2 rings (SSSR count). The molecule has 1 aromatic rings. The SMILES string of the molecule is COC(=O)C[C@@H]1[C@@H](C(=O)OC)N(C(=O)OC(C)(C)C)C(O)[C@@H]1c1ccccc1O. The van der Waals surface area contributed by atoms with Gasteiger partial charge in [0.2, 0.25) is 0 Å². The zero-order chi connectivity index (χ0) is 21.9. The molecule has 2 N–H and O–H groups in total. The first-order chi connectivity index (χ1) is 13.5. The summed E-state index contributed by atoms with van der Waals surface area (Å²) in [6.07, 6.45) is -2.77. The Morgan fingerprint density at radius 3 is 2.24 bits per heavy atom. The Hall–Kier alpha value is -2.81. The molecule has 1 aromatic carbocycles. The second-order valence-electron chi connectivity index (χ2n) is 7.80. The average molecular weight is 409 g/mol.